The van der Waals surface area contributed by atoms with E-state index in [1.807, 2.05) is 0 Å². The van der Waals surface area contributed by atoms with Gasteiger partial charge in [0.1, 0.15) is 0 Å². The van der Waals surface area contributed by atoms with Crippen LogP contribution in [0, 0.1) is 15.9 Å². The first-order chi connectivity index (χ1) is 8.09. The number of nitro groups is 1. The number of nitrogens with one attached hydrogen (secondary N) is 1. The highest BCUT2D eigenvalue weighted by Gasteiger charge is 2.23. The number of rotatable bonds is 2. The summed E-state index contributed by atoms with van der Waals surface area (Å²) in [4.78, 5) is 9.99. The standard InChI is InChI=1S/C11H13FN2O3/c12-10-5-8(14(16)17)4-9(11(10)15)7-2-1-3-13-6-7/h4-5,7,13,15H,1-3,6H2. The molecule has 1 aromatic carbocycles. The quantitative estimate of drug-likeness (QED) is 0.611. The molecule has 1 aliphatic rings. The molecule has 0 amide bonds. The third-order valence-corrected chi connectivity index (χ3v) is 3.03. The van der Waals surface area contributed by atoms with Gasteiger partial charge < -0.3 is 10.4 Å². The highest BCUT2D eigenvalue weighted by molar-refractivity contribution is 5.46. The molecular formula is C11H13FN2O3. The lowest BCUT2D eigenvalue weighted by Crippen LogP contribution is -2.28. The smallest absolute Gasteiger partial charge is 0.272 e. The summed E-state index contributed by atoms with van der Waals surface area (Å²) in [6.45, 7) is 1.49. The Balaban J connectivity index is 2.40. The van der Waals surface area contributed by atoms with Gasteiger partial charge in [-0.25, -0.2) is 4.39 Å². The van der Waals surface area contributed by atoms with E-state index in [9.17, 15) is 19.6 Å². The van der Waals surface area contributed by atoms with Crippen LogP contribution in [0.25, 0.3) is 0 Å². The molecule has 1 fully saturated rings. The number of nitrogens with zero attached hydrogens (tertiary/aromatic N) is 1. The summed E-state index contributed by atoms with van der Waals surface area (Å²) in [7, 11) is 0. The van der Waals surface area contributed by atoms with E-state index in [2.05, 4.69) is 5.32 Å². The molecule has 1 aliphatic heterocycles. The predicted molar refractivity (Wildman–Crippen MR) is 59.6 cm³/mol. The monoisotopic (exact) mass is 240 g/mol. The first-order valence-electron chi connectivity index (χ1n) is 5.47. The highest BCUT2D eigenvalue weighted by Crippen LogP contribution is 2.35. The van der Waals surface area contributed by atoms with Crippen LogP contribution >= 0.6 is 0 Å². The number of aromatic hydroxyl groups is 1. The molecule has 2 rings (SSSR count). The topological polar surface area (TPSA) is 75.4 Å². The number of benzene rings is 1. The van der Waals surface area contributed by atoms with Crippen molar-refractivity contribution in [1.82, 2.24) is 5.32 Å². The van der Waals surface area contributed by atoms with Crippen molar-refractivity contribution in [2.45, 2.75) is 18.8 Å². The predicted octanol–water partition coefficient (Wildman–Crippen LogP) is 1.91. The molecule has 17 heavy (non-hydrogen) atoms. The average Bonchev–Trinajstić information content (AvgIpc) is 2.33. The fourth-order valence-corrected chi connectivity index (χ4v) is 2.14. The Labute approximate surface area is 97.4 Å². The van der Waals surface area contributed by atoms with Gasteiger partial charge in [0, 0.05) is 24.1 Å². The van der Waals surface area contributed by atoms with Crippen molar-refractivity contribution in [1.29, 1.82) is 0 Å². The van der Waals surface area contributed by atoms with Gasteiger partial charge in [-0.3, -0.25) is 10.1 Å². The van der Waals surface area contributed by atoms with Crippen LogP contribution in [0.2, 0.25) is 0 Å². The van der Waals surface area contributed by atoms with E-state index in [0.717, 1.165) is 25.5 Å². The molecule has 1 heterocycles. The zero-order valence-electron chi connectivity index (χ0n) is 9.15. The fraction of sp³-hybridized carbons (Fsp3) is 0.455. The zero-order chi connectivity index (χ0) is 12.4. The fourth-order valence-electron chi connectivity index (χ4n) is 2.14. The zero-order valence-corrected chi connectivity index (χ0v) is 9.15. The Morgan fingerprint density at radius 3 is 2.88 bits per heavy atom. The van der Waals surface area contributed by atoms with Gasteiger partial charge in [0.15, 0.2) is 11.6 Å². The maximum absolute atomic E-state index is 13.4. The molecule has 1 atom stereocenters. The van der Waals surface area contributed by atoms with Crippen LogP contribution in [0.5, 0.6) is 5.75 Å². The molecule has 0 aliphatic carbocycles. The minimum absolute atomic E-state index is 0.0712. The normalized spacial score (nSPS) is 20.2. The molecule has 1 saturated heterocycles. The summed E-state index contributed by atoms with van der Waals surface area (Å²) in [5, 5.41) is 23.4. The largest absolute Gasteiger partial charge is 0.505 e. The van der Waals surface area contributed by atoms with Crippen molar-refractivity contribution in [3.8, 4) is 5.75 Å². The minimum atomic E-state index is -0.931. The van der Waals surface area contributed by atoms with Gasteiger partial charge in [0.05, 0.1) is 11.0 Å². The second-order valence-electron chi connectivity index (χ2n) is 4.17. The number of halogens is 1. The van der Waals surface area contributed by atoms with Crippen molar-refractivity contribution in [3.05, 3.63) is 33.6 Å². The van der Waals surface area contributed by atoms with Crippen molar-refractivity contribution >= 4 is 5.69 Å². The molecule has 0 radical (unpaired) electrons. The summed E-state index contributed by atoms with van der Waals surface area (Å²) < 4.78 is 13.4. The summed E-state index contributed by atoms with van der Waals surface area (Å²) >= 11 is 0. The number of non-ortho nitro benzene ring substituents is 1. The van der Waals surface area contributed by atoms with Gasteiger partial charge in [-0.2, -0.15) is 0 Å². The molecule has 0 spiro atoms. The Morgan fingerprint density at radius 1 is 1.53 bits per heavy atom. The first kappa shape index (κ1) is 11.8. The molecule has 1 aromatic rings. The van der Waals surface area contributed by atoms with E-state index >= 15 is 0 Å². The van der Waals surface area contributed by atoms with E-state index in [4.69, 9.17) is 0 Å². The van der Waals surface area contributed by atoms with Gasteiger partial charge >= 0.3 is 0 Å². The van der Waals surface area contributed by atoms with E-state index in [1.165, 1.54) is 6.07 Å². The van der Waals surface area contributed by atoms with Crippen LogP contribution in [0.15, 0.2) is 12.1 Å². The third-order valence-electron chi connectivity index (χ3n) is 3.03. The summed E-state index contributed by atoms with van der Waals surface area (Å²) in [6, 6.07) is 2.01. The van der Waals surface area contributed by atoms with Gasteiger partial charge in [0.2, 0.25) is 0 Å². The number of nitro benzene ring substituents is 1. The van der Waals surface area contributed by atoms with E-state index in [0.29, 0.717) is 12.1 Å². The highest BCUT2D eigenvalue weighted by atomic mass is 19.1. The van der Waals surface area contributed by atoms with Gasteiger partial charge in [0.25, 0.3) is 5.69 Å². The average molecular weight is 240 g/mol. The maximum atomic E-state index is 13.4. The molecule has 5 nitrogen and oxygen atoms in total. The molecular weight excluding hydrogens is 227 g/mol. The van der Waals surface area contributed by atoms with Gasteiger partial charge in [-0.15, -0.1) is 0 Å². The molecule has 2 N–H and O–H groups in total. The SMILES string of the molecule is O=[N+]([O-])c1cc(F)c(O)c(C2CCCNC2)c1. The number of piperidine rings is 1. The third kappa shape index (κ3) is 2.36. The number of phenolic OH excluding ortho intramolecular Hbond substituents is 1. The molecule has 0 saturated carbocycles. The Kier molecular flexibility index (Phi) is 3.23. The number of hydrogen-bond donors (Lipinski definition) is 2. The number of hydrogen-bond acceptors (Lipinski definition) is 4. The van der Waals surface area contributed by atoms with E-state index in [-0.39, 0.29) is 11.6 Å². The van der Waals surface area contributed by atoms with Crippen LogP contribution in [0.1, 0.15) is 24.3 Å². The van der Waals surface area contributed by atoms with Crippen LogP contribution in [-0.2, 0) is 0 Å². The van der Waals surface area contributed by atoms with Crippen molar-refractivity contribution in [2.24, 2.45) is 0 Å². The molecule has 6 heteroatoms. The van der Waals surface area contributed by atoms with Gasteiger partial charge in [-0.05, 0) is 19.4 Å². The molecule has 0 bridgehead atoms. The van der Waals surface area contributed by atoms with Crippen LogP contribution in [0.4, 0.5) is 10.1 Å². The van der Waals surface area contributed by atoms with E-state index < -0.39 is 16.5 Å². The van der Waals surface area contributed by atoms with Crippen molar-refractivity contribution < 1.29 is 14.4 Å². The maximum Gasteiger partial charge on any atom is 0.272 e. The van der Waals surface area contributed by atoms with Crippen LogP contribution in [0.3, 0.4) is 0 Å². The van der Waals surface area contributed by atoms with Crippen molar-refractivity contribution in [3.63, 3.8) is 0 Å². The molecule has 92 valence electrons. The summed E-state index contributed by atoms with van der Waals surface area (Å²) in [5.74, 6) is -1.47. The molecule has 0 aromatic heterocycles. The van der Waals surface area contributed by atoms with Crippen LogP contribution < -0.4 is 5.32 Å². The Bertz CT molecular complexity index is 445. The van der Waals surface area contributed by atoms with Crippen molar-refractivity contribution in [2.75, 3.05) is 13.1 Å². The lowest BCUT2D eigenvalue weighted by molar-refractivity contribution is -0.385. The Morgan fingerprint density at radius 2 is 2.29 bits per heavy atom. The summed E-state index contributed by atoms with van der Waals surface area (Å²) in [6.07, 6.45) is 1.70. The minimum Gasteiger partial charge on any atom is -0.505 e. The second kappa shape index (κ2) is 4.67. The number of phenols is 1. The summed E-state index contributed by atoms with van der Waals surface area (Å²) in [5.41, 5.74) is 0.00442. The second-order valence-corrected chi connectivity index (χ2v) is 4.17. The Hall–Kier alpha value is -1.69. The lowest BCUT2D eigenvalue weighted by Gasteiger charge is -2.23. The first-order valence-corrected chi connectivity index (χ1v) is 5.47. The lowest BCUT2D eigenvalue weighted by atomic mass is 9.90. The van der Waals surface area contributed by atoms with Crippen LogP contribution in [-0.4, -0.2) is 23.1 Å². The molecule has 1 unspecified atom stereocenters. The van der Waals surface area contributed by atoms with E-state index in [1.54, 1.807) is 0 Å². The van der Waals surface area contributed by atoms with Gasteiger partial charge in [-0.1, -0.05) is 0 Å².